The molecule has 0 aromatic heterocycles. The van der Waals surface area contributed by atoms with Crippen molar-refractivity contribution in [1.82, 2.24) is 0 Å². The van der Waals surface area contributed by atoms with Crippen molar-refractivity contribution in [3.05, 3.63) is 60.7 Å². The summed E-state index contributed by atoms with van der Waals surface area (Å²) in [5.41, 5.74) is 0. The zero-order valence-electron chi connectivity index (χ0n) is 22.5. The zero-order valence-corrected chi connectivity index (χ0v) is 24.1. The van der Waals surface area contributed by atoms with Crippen LogP contribution in [-0.2, 0) is 29.3 Å². The molecule has 5 saturated carbocycles. The Morgan fingerprint density at radius 2 is 0.800 bits per heavy atom. The second kappa shape index (κ2) is 9.62. The van der Waals surface area contributed by atoms with E-state index in [0.717, 1.165) is 0 Å². The third-order valence-electron chi connectivity index (χ3n) is 11.4. The quantitative estimate of drug-likeness (QED) is 0.508. The average molecular weight is 581 g/mol. The molecule has 0 radical (unpaired) electrons. The minimum atomic E-state index is -3.48. The van der Waals surface area contributed by atoms with Gasteiger partial charge < -0.3 is 0 Å². The van der Waals surface area contributed by atoms with Crippen molar-refractivity contribution >= 4 is 31.2 Å². The molecule has 8 heteroatoms. The van der Waals surface area contributed by atoms with Crippen LogP contribution in [0.2, 0.25) is 0 Å². The summed E-state index contributed by atoms with van der Waals surface area (Å²) in [6, 6.07) is 17.2. The molecular formula is C32H36O6S2. The molecule has 6 nitrogen and oxygen atoms in total. The Balaban J connectivity index is 1.12. The Bertz CT molecular complexity index is 1420. The minimum absolute atomic E-state index is 0.0114. The topological polar surface area (TPSA) is 102 Å². The van der Waals surface area contributed by atoms with Crippen molar-refractivity contribution in [3.63, 3.8) is 0 Å². The lowest BCUT2D eigenvalue weighted by atomic mass is 9.65. The predicted molar refractivity (Wildman–Crippen MR) is 150 cm³/mol. The highest BCUT2D eigenvalue weighted by Gasteiger charge is 2.62. The lowest BCUT2D eigenvalue weighted by Crippen LogP contribution is -2.38. The fourth-order valence-electron chi connectivity index (χ4n) is 9.57. The highest BCUT2D eigenvalue weighted by atomic mass is 32.2. The number of fused-ring (bicyclic) bond motifs is 6. The molecule has 10 unspecified atom stereocenters. The van der Waals surface area contributed by atoms with Crippen LogP contribution in [0.15, 0.2) is 70.5 Å². The summed E-state index contributed by atoms with van der Waals surface area (Å²) in [6.45, 7) is 0. The Hall–Kier alpha value is -2.32. The highest BCUT2D eigenvalue weighted by molar-refractivity contribution is 7.92. The van der Waals surface area contributed by atoms with Gasteiger partial charge in [0.15, 0.2) is 19.7 Å². The molecule has 10 atom stereocenters. The number of benzene rings is 2. The molecule has 0 amide bonds. The van der Waals surface area contributed by atoms with Gasteiger partial charge in [0.2, 0.25) is 0 Å². The number of Topliss-reactive ketones (excluding diaryl/α,β-unsaturated/α-hetero) is 2. The van der Waals surface area contributed by atoms with E-state index in [4.69, 9.17) is 0 Å². The molecule has 0 N–H and O–H groups in total. The normalized spacial score (nSPS) is 39.2. The van der Waals surface area contributed by atoms with E-state index < -0.39 is 30.2 Å². The van der Waals surface area contributed by atoms with Gasteiger partial charge in [0.05, 0.1) is 20.3 Å². The molecule has 5 aliphatic carbocycles. The first kappa shape index (κ1) is 26.6. The van der Waals surface area contributed by atoms with E-state index in [-0.39, 0.29) is 58.9 Å². The number of carbonyl (C=O) groups excluding carboxylic acids is 2. The van der Waals surface area contributed by atoms with E-state index in [2.05, 4.69) is 0 Å². The highest BCUT2D eigenvalue weighted by Crippen LogP contribution is 2.61. The Kier molecular flexibility index (Phi) is 6.39. The van der Waals surface area contributed by atoms with Crippen molar-refractivity contribution in [3.8, 4) is 0 Å². The number of sulfone groups is 2. The van der Waals surface area contributed by atoms with Crippen LogP contribution in [0, 0.1) is 47.3 Å². The standard InChI is InChI=1S/C32H36O6S2/c33-31-23-13-11-21(39(35,36)19-7-3-1-4-8-19)15-25(23)27-17-30-28(18-29(27)31)26-16-22(12-14-24(26)32(30)34)40(37,38)20-9-5-2-6-10-20/h1-10,21-30H,11-18H2. The van der Waals surface area contributed by atoms with Crippen LogP contribution in [0.1, 0.15) is 51.4 Å². The van der Waals surface area contributed by atoms with Gasteiger partial charge in [-0.05, 0) is 99.3 Å². The molecule has 0 saturated heterocycles. The Morgan fingerprint density at radius 3 is 1.18 bits per heavy atom. The number of rotatable bonds is 4. The van der Waals surface area contributed by atoms with Crippen LogP contribution in [0.4, 0.5) is 0 Å². The molecule has 2 aromatic carbocycles. The van der Waals surface area contributed by atoms with Gasteiger partial charge in [-0.25, -0.2) is 16.8 Å². The van der Waals surface area contributed by atoms with Crippen LogP contribution < -0.4 is 0 Å². The molecule has 7 rings (SSSR count). The lowest BCUT2D eigenvalue weighted by Gasteiger charge is -2.40. The SMILES string of the molecule is O=C1C2CC3C(CC2C2CC(S(=O)(=O)c4ccccc4)CCC12)C(=O)C1CCC(S(=O)(=O)c2ccccc2)CC13. The zero-order chi connectivity index (χ0) is 27.8. The van der Waals surface area contributed by atoms with E-state index in [9.17, 15) is 26.4 Å². The van der Waals surface area contributed by atoms with Crippen molar-refractivity contribution in [2.75, 3.05) is 0 Å². The van der Waals surface area contributed by atoms with Crippen molar-refractivity contribution < 1.29 is 26.4 Å². The van der Waals surface area contributed by atoms with Gasteiger partial charge in [0.1, 0.15) is 11.6 Å². The van der Waals surface area contributed by atoms with Crippen molar-refractivity contribution in [2.24, 2.45) is 47.3 Å². The monoisotopic (exact) mass is 580 g/mol. The first-order valence-corrected chi connectivity index (χ1v) is 17.9. The fourth-order valence-corrected chi connectivity index (χ4v) is 13.3. The van der Waals surface area contributed by atoms with Gasteiger partial charge in [-0.15, -0.1) is 0 Å². The van der Waals surface area contributed by atoms with Crippen molar-refractivity contribution in [1.29, 1.82) is 0 Å². The minimum Gasteiger partial charge on any atom is -0.299 e. The summed E-state index contributed by atoms with van der Waals surface area (Å²) in [7, 11) is -6.96. The molecule has 0 spiro atoms. The van der Waals surface area contributed by atoms with Crippen LogP contribution in [0.5, 0.6) is 0 Å². The van der Waals surface area contributed by atoms with Crippen LogP contribution in [0.3, 0.4) is 0 Å². The first-order chi connectivity index (χ1) is 19.2. The van der Waals surface area contributed by atoms with Crippen molar-refractivity contribution in [2.45, 2.75) is 71.7 Å². The molecule has 0 heterocycles. The number of ketones is 2. The summed E-state index contributed by atoms with van der Waals surface area (Å²) >= 11 is 0. The molecule has 2 aromatic rings. The van der Waals surface area contributed by atoms with E-state index in [1.54, 1.807) is 48.5 Å². The van der Waals surface area contributed by atoms with Gasteiger partial charge in [0, 0.05) is 23.7 Å². The van der Waals surface area contributed by atoms with Crippen LogP contribution >= 0.6 is 0 Å². The molecule has 0 aliphatic heterocycles. The third kappa shape index (κ3) is 3.99. The molecule has 0 bridgehead atoms. The summed E-state index contributed by atoms with van der Waals surface area (Å²) < 4.78 is 53.8. The predicted octanol–water partition coefficient (Wildman–Crippen LogP) is 4.93. The molecular weight excluding hydrogens is 544 g/mol. The second-order valence-corrected chi connectivity index (χ2v) is 17.4. The number of hydrogen-bond donors (Lipinski definition) is 0. The third-order valence-corrected chi connectivity index (χ3v) is 15.8. The van der Waals surface area contributed by atoms with Gasteiger partial charge in [-0.2, -0.15) is 0 Å². The van der Waals surface area contributed by atoms with Gasteiger partial charge in [-0.1, -0.05) is 36.4 Å². The maximum atomic E-state index is 13.7. The smallest absolute Gasteiger partial charge is 0.181 e. The molecule has 5 fully saturated rings. The van der Waals surface area contributed by atoms with Crippen LogP contribution in [-0.4, -0.2) is 38.9 Å². The second-order valence-electron chi connectivity index (χ2n) is 12.9. The summed E-state index contributed by atoms with van der Waals surface area (Å²) in [5.74, 6) is 0.183. The molecule has 212 valence electrons. The van der Waals surface area contributed by atoms with E-state index in [0.29, 0.717) is 61.2 Å². The van der Waals surface area contributed by atoms with E-state index >= 15 is 0 Å². The summed E-state index contributed by atoms with van der Waals surface area (Å²) in [5, 5.41) is -0.988. The number of hydrogen-bond acceptors (Lipinski definition) is 6. The lowest BCUT2D eigenvalue weighted by molar-refractivity contribution is -0.129. The van der Waals surface area contributed by atoms with Gasteiger partial charge >= 0.3 is 0 Å². The first-order valence-electron chi connectivity index (χ1n) is 14.8. The summed E-state index contributed by atoms with van der Waals surface area (Å²) in [6.07, 6.45) is 4.48. The number of carbonyl (C=O) groups is 2. The van der Waals surface area contributed by atoms with Gasteiger partial charge in [-0.3, -0.25) is 9.59 Å². The van der Waals surface area contributed by atoms with Crippen LogP contribution in [0.25, 0.3) is 0 Å². The maximum absolute atomic E-state index is 13.7. The molecule has 40 heavy (non-hydrogen) atoms. The van der Waals surface area contributed by atoms with Gasteiger partial charge in [0.25, 0.3) is 0 Å². The summed E-state index contributed by atoms with van der Waals surface area (Å²) in [4.78, 5) is 28.1. The van der Waals surface area contributed by atoms with E-state index in [1.165, 1.54) is 0 Å². The van der Waals surface area contributed by atoms with E-state index in [1.807, 2.05) is 12.1 Å². The fraction of sp³-hybridized carbons (Fsp3) is 0.562. The molecule has 5 aliphatic rings. The maximum Gasteiger partial charge on any atom is 0.181 e. The largest absolute Gasteiger partial charge is 0.299 e. The Labute approximate surface area is 236 Å². The average Bonchev–Trinajstić information content (AvgIpc) is 3.42. The Morgan fingerprint density at radius 1 is 0.450 bits per heavy atom.